The van der Waals surface area contributed by atoms with Gasteiger partial charge in [-0.25, -0.2) is 0 Å². The number of nitrogens with one attached hydrogen (secondary N) is 2. The Hall–Kier alpha value is -3.36. The van der Waals surface area contributed by atoms with Crippen LogP contribution < -0.4 is 10.6 Å². The number of fused-ring (bicyclic) bond motifs is 1. The Bertz CT molecular complexity index is 1270. The number of rotatable bonds is 7. The lowest BCUT2D eigenvalue weighted by atomic mass is 10.1. The second kappa shape index (κ2) is 9.84. The first kappa shape index (κ1) is 21.9. The van der Waals surface area contributed by atoms with Crippen LogP contribution in [0.3, 0.4) is 0 Å². The maximum Gasteiger partial charge on any atom is 0.253 e. The van der Waals surface area contributed by atoms with Crippen molar-refractivity contribution in [1.29, 1.82) is 0 Å². The Labute approximate surface area is 194 Å². The molecule has 0 bridgehead atoms. The van der Waals surface area contributed by atoms with Crippen LogP contribution in [-0.4, -0.2) is 32.2 Å². The maximum atomic E-state index is 12.6. The zero-order valence-electron chi connectivity index (χ0n) is 17.2. The third kappa shape index (κ3) is 5.46. The van der Waals surface area contributed by atoms with Gasteiger partial charge in [0.05, 0.1) is 11.3 Å². The number of carbonyl (C=O) groups excluding carboxylic acids is 2. The van der Waals surface area contributed by atoms with Crippen LogP contribution in [0.5, 0.6) is 0 Å². The topological polar surface area (TPSA) is 88.4 Å². The van der Waals surface area contributed by atoms with E-state index in [2.05, 4.69) is 20.8 Å². The van der Waals surface area contributed by atoms with E-state index in [1.165, 1.54) is 17.3 Å². The van der Waals surface area contributed by atoms with E-state index in [1.807, 2.05) is 31.2 Å². The Morgan fingerprint density at radius 3 is 2.66 bits per heavy atom. The Morgan fingerprint density at radius 2 is 1.88 bits per heavy atom. The van der Waals surface area contributed by atoms with Crippen molar-refractivity contribution >= 4 is 46.5 Å². The molecule has 0 saturated carbocycles. The Morgan fingerprint density at radius 1 is 1.06 bits per heavy atom. The van der Waals surface area contributed by atoms with Crippen LogP contribution in [0.25, 0.3) is 5.65 Å². The van der Waals surface area contributed by atoms with Crippen LogP contribution in [0.4, 0.5) is 5.69 Å². The van der Waals surface area contributed by atoms with E-state index in [-0.39, 0.29) is 17.6 Å². The van der Waals surface area contributed by atoms with E-state index in [9.17, 15) is 9.59 Å². The lowest BCUT2D eigenvalue weighted by molar-refractivity contribution is -0.113. The largest absolute Gasteiger partial charge is 0.348 e. The van der Waals surface area contributed by atoms with Crippen molar-refractivity contribution in [3.8, 4) is 0 Å². The molecule has 0 saturated heterocycles. The predicted octanol–water partition coefficient (Wildman–Crippen LogP) is 4.35. The lowest BCUT2D eigenvalue weighted by Gasteiger charge is -2.07. The highest BCUT2D eigenvalue weighted by Crippen LogP contribution is 2.19. The molecule has 7 nitrogen and oxygen atoms in total. The summed E-state index contributed by atoms with van der Waals surface area (Å²) in [7, 11) is 0. The average molecular weight is 466 g/mol. The number of thioether (sulfide) groups is 1. The standard InChI is InChI=1S/C23H20ClN5O2S/c1-15-5-7-16(8-6-15)12-25-22(31)17-9-10-20-27-28-23(29(20)13-17)32-14-21(30)26-19-4-2-3-18(24)11-19/h2-11,13H,12,14H2,1H3,(H,25,31)(H,26,30). The number of carbonyl (C=O) groups is 2. The first-order chi connectivity index (χ1) is 15.5. The van der Waals surface area contributed by atoms with Crippen molar-refractivity contribution in [3.05, 3.63) is 88.6 Å². The fraction of sp³-hybridized carbons (Fsp3) is 0.130. The SMILES string of the molecule is Cc1ccc(CNC(=O)c2ccc3nnc(SCC(=O)Nc4cccc(Cl)c4)n3c2)cc1. The van der Waals surface area contributed by atoms with E-state index < -0.39 is 0 Å². The highest BCUT2D eigenvalue weighted by Gasteiger charge is 2.13. The molecule has 0 unspecified atom stereocenters. The van der Waals surface area contributed by atoms with Gasteiger partial charge in [-0.1, -0.05) is 59.3 Å². The molecule has 0 aliphatic rings. The summed E-state index contributed by atoms with van der Waals surface area (Å²) in [6.45, 7) is 2.46. The second-order valence-electron chi connectivity index (χ2n) is 7.14. The third-order valence-electron chi connectivity index (χ3n) is 4.65. The van der Waals surface area contributed by atoms with E-state index in [1.54, 1.807) is 47.0 Å². The zero-order chi connectivity index (χ0) is 22.5. The van der Waals surface area contributed by atoms with E-state index in [0.29, 0.717) is 33.6 Å². The van der Waals surface area contributed by atoms with Gasteiger partial charge < -0.3 is 10.6 Å². The second-order valence-corrected chi connectivity index (χ2v) is 8.52. The normalized spacial score (nSPS) is 10.8. The molecule has 162 valence electrons. The molecule has 0 spiro atoms. The van der Waals surface area contributed by atoms with E-state index in [4.69, 9.17) is 11.6 Å². The van der Waals surface area contributed by atoms with Gasteiger partial charge >= 0.3 is 0 Å². The molecule has 4 rings (SSSR count). The number of anilines is 1. The highest BCUT2D eigenvalue weighted by molar-refractivity contribution is 7.99. The monoisotopic (exact) mass is 465 g/mol. The Kier molecular flexibility index (Phi) is 6.72. The molecular weight excluding hydrogens is 446 g/mol. The first-order valence-electron chi connectivity index (χ1n) is 9.85. The van der Waals surface area contributed by atoms with Gasteiger partial charge in [0, 0.05) is 23.5 Å². The molecule has 0 aliphatic heterocycles. The summed E-state index contributed by atoms with van der Waals surface area (Å²) in [5.41, 5.74) is 3.90. The van der Waals surface area contributed by atoms with Gasteiger partial charge in [-0.2, -0.15) is 0 Å². The molecule has 2 aromatic carbocycles. The number of hydrogen-bond donors (Lipinski definition) is 2. The number of pyridine rings is 1. The van der Waals surface area contributed by atoms with Crippen LogP contribution in [-0.2, 0) is 11.3 Å². The van der Waals surface area contributed by atoms with Crippen LogP contribution in [0.1, 0.15) is 21.5 Å². The number of nitrogens with zero attached hydrogens (tertiary/aromatic N) is 3. The van der Waals surface area contributed by atoms with Gasteiger partial charge in [-0.05, 0) is 42.8 Å². The fourth-order valence-corrected chi connectivity index (χ4v) is 3.89. The lowest BCUT2D eigenvalue weighted by Crippen LogP contribution is -2.23. The number of amides is 2. The number of aryl methyl sites for hydroxylation is 1. The van der Waals surface area contributed by atoms with Gasteiger partial charge in [0.1, 0.15) is 0 Å². The highest BCUT2D eigenvalue weighted by atomic mass is 35.5. The van der Waals surface area contributed by atoms with Crippen LogP contribution in [0.2, 0.25) is 5.02 Å². The van der Waals surface area contributed by atoms with Gasteiger partial charge in [-0.3, -0.25) is 14.0 Å². The molecule has 2 heterocycles. The summed E-state index contributed by atoms with van der Waals surface area (Å²) in [6.07, 6.45) is 1.68. The average Bonchev–Trinajstić information content (AvgIpc) is 3.19. The molecule has 0 fully saturated rings. The van der Waals surface area contributed by atoms with Crippen molar-refractivity contribution < 1.29 is 9.59 Å². The predicted molar refractivity (Wildman–Crippen MR) is 126 cm³/mol. The number of benzene rings is 2. The minimum Gasteiger partial charge on any atom is -0.348 e. The van der Waals surface area contributed by atoms with Gasteiger partial charge in [0.2, 0.25) is 5.91 Å². The van der Waals surface area contributed by atoms with Crippen molar-refractivity contribution in [2.45, 2.75) is 18.6 Å². The van der Waals surface area contributed by atoms with Gasteiger partial charge in [0.25, 0.3) is 5.91 Å². The summed E-state index contributed by atoms with van der Waals surface area (Å²) >= 11 is 7.18. The zero-order valence-corrected chi connectivity index (χ0v) is 18.8. The minimum atomic E-state index is -0.198. The van der Waals surface area contributed by atoms with Gasteiger partial charge in [-0.15, -0.1) is 10.2 Å². The number of halogens is 1. The summed E-state index contributed by atoms with van der Waals surface area (Å²) in [5.74, 6) is -0.256. The molecule has 4 aromatic rings. The molecule has 2 amide bonds. The maximum absolute atomic E-state index is 12.6. The molecule has 2 aromatic heterocycles. The summed E-state index contributed by atoms with van der Waals surface area (Å²) in [4.78, 5) is 24.9. The summed E-state index contributed by atoms with van der Waals surface area (Å²) < 4.78 is 1.71. The number of aromatic nitrogens is 3. The van der Waals surface area contributed by atoms with Crippen molar-refractivity contribution in [3.63, 3.8) is 0 Å². The number of hydrogen-bond acceptors (Lipinski definition) is 5. The van der Waals surface area contributed by atoms with E-state index in [0.717, 1.165) is 5.56 Å². The van der Waals surface area contributed by atoms with Crippen molar-refractivity contribution in [1.82, 2.24) is 19.9 Å². The van der Waals surface area contributed by atoms with Crippen LogP contribution in [0.15, 0.2) is 72.0 Å². The fourth-order valence-electron chi connectivity index (χ4n) is 2.99. The van der Waals surface area contributed by atoms with Gasteiger partial charge in [0.15, 0.2) is 10.8 Å². The quantitative estimate of drug-likeness (QED) is 0.396. The molecule has 9 heteroatoms. The van der Waals surface area contributed by atoms with Crippen molar-refractivity contribution in [2.24, 2.45) is 0 Å². The molecule has 0 aliphatic carbocycles. The summed E-state index contributed by atoms with van der Waals surface area (Å²) in [5, 5.41) is 15.0. The smallest absolute Gasteiger partial charge is 0.253 e. The molecule has 2 N–H and O–H groups in total. The van der Waals surface area contributed by atoms with Crippen LogP contribution >= 0.6 is 23.4 Å². The van der Waals surface area contributed by atoms with Crippen molar-refractivity contribution in [2.75, 3.05) is 11.1 Å². The van der Waals surface area contributed by atoms with E-state index >= 15 is 0 Å². The first-order valence-corrected chi connectivity index (χ1v) is 11.2. The third-order valence-corrected chi connectivity index (χ3v) is 5.83. The minimum absolute atomic E-state index is 0.136. The molecule has 0 atom stereocenters. The summed E-state index contributed by atoms with van der Waals surface area (Å²) in [6, 6.07) is 18.4. The van der Waals surface area contributed by atoms with Crippen LogP contribution in [0, 0.1) is 6.92 Å². The molecule has 0 radical (unpaired) electrons. The molecular formula is C23H20ClN5O2S. The molecule has 32 heavy (non-hydrogen) atoms. The Balaban J connectivity index is 1.40.